The molecule has 0 spiro atoms. The van der Waals surface area contributed by atoms with Crippen molar-refractivity contribution in [3.8, 4) is 0 Å². The molecule has 2 heterocycles. The minimum Gasteiger partial charge on any atom is -0.390 e. The quantitative estimate of drug-likeness (QED) is 0.0679. The number of phosphoric acid groups is 1. The second-order valence-corrected chi connectivity index (χ2v) is 14.4. The van der Waals surface area contributed by atoms with Crippen molar-refractivity contribution in [2.24, 2.45) is 0 Å². The Balaban J connectivity index is 1.23. The maximum absolute atomic E-state index is 13.8. The van der Waals surface area contributed by atoms with E-state index < -0.39 is 62.0 Å². The number of thioether (sulfide) groups is 1. The number of alkyl halides is 3. The lowest BCUT2D eigenvalue weighted by Gasteiger charge is -2.28. The zero-order valence-corrected chi connectivity index (χ0v) is 28.3. The summed E-state index contributed by atoms with van der Waals surface area (Å²) in [7, 11) is -5.25. The van der Waals surface area contributed by atoms with Crippen molar-refractivity contribution in [3.63, 3.8) is 0 Å². The van der Waals surface area contributed by atoms with Crippen LogP contribution in [0.5, 0.6) is 0 Å². The number of hydrogen-bond donors (Lipinski definition) is 3. The van der Waals surface area contributed by atoms with Crippen LogP contribution >= 0.6 is 19.6 Å². The van der Waals surface area contributed by atoms with E-state index in [1.165, 1.54) is 68.0 Å². The zero-order chi connectivity index (χ0) is 35.2. The monoisotopic (exact) mass is 730 g/mol. The van der Waals surface area contributed by atoms with Gasteiger partial charge < -0.3 is 14.7 Å². The average molecular weight is 731 g/mol. The number of aromatic amines is 1. The molecule has 0 aliphatic carbocycles. The molecule has 1 aromatic heterocycles. The Morgan fingerprint density at radius 1 is 0.958 bits per heavy atom. The van der Waals surface area contributed by atoms with Gasteiger partial charge in [-0.1, -0.05) is 69.9 Å². The third-order valence-electron chi connectivity index (χ3n) is 7.89. The summed E-state index contributed by atoms with van der Waals surface area (Å²) in [5.74, 6) is -0.630. The van der Waals surface area contributed by atoms with E-state index in [4.69, 9.17) is 9.26 Å². The van der Waals surface area contributed by atoms with Crippen LogP contribution in [0.3, 0.4) is 0 Å². The summed E-state index contributed by atoms with van der Waals surface area (Å²) in [6, 6.07) is 6.67. The highest BCUT2D eigenvalue weighted by molar-refractivity contribution is 7.99. The lowest BCUT2D eigenvalue weighted by Crippen LogP contribution is -2.46. The number of nitrogens with zero attached hydrogens (tertiary/aromatic N) is 1. The molecule has 2 aromatic rings. The molecular weight excluding hydrogens is 686 g/mol. The summed E-state index contributed by atoms with van der Waals surface area (Å²) < 4.78 is 95.0. The first-order chi connectivity index (χ1) is 22.8. The standard InChI is InChI=1S/C31H44F5N2O8PS/c32-23-15-13-22(14-16-23)12-10-8-6-4-2-1-3-5-7-9-11-18-48-19-17-44-47(42,43)46-28(31(34,35)36)27-25(39)20-26(45-27)38-21-24(33)29(40)37-30(38)41/h13-16,21,25-28,39H,1-12,17-20H2,(H,42,43)(H,37,40,41)/t25-,26+,27-,28-/m0/s1. The molecule has 3 N–H and O–H groups in total. The van der Waals surface area contributed by atoms with Crippen LogP contribution < -0.4 is 11.2 Å². The first-order valence-electron chi connectivity index (χ1n) is 16.2. The molecule has 1 unspecified atom stereocenters. The van der Waals surface area contributed by atoms with Gasteiger partial charge in [-0.05, 0) is 42.7 Å². The minimum atomic E-state index is -5.29. The molecule has 48 heavy (non-hydrogen) atoms. The number of benzene rings is 1. The van der Waals surface area contributed by atoms with Crippen molar-refractivity contribution in [3.05, 3.63) is 68.5 Å². The predicted octanol–water partition coefficient (Wildman–Crippen LogP) is 6.79. The number of hydrogen-bond acceptors (Lipinski definition) is 8. The minimum absolute atomic E-state index is 0.207. The molecule has 1 aliphatic heterocycles. The summed E-state index contributed by atoms with van der Waals surface area (Å²) in [6.45, 7) is -0.363. The van der Waals surface area contributed by atoms with Crippen LogP contribution in [-0.2, 0) is 24.8 Å². The number of aryl methyl sites for hydroxylation is 1. The number of halogens is 5. The molecule has 0 saturated carbocycles. The number of aliphatic hydroxyl groups excluding tert-OH is 1. The van der Waals surface area contributed by atoms with Crippen LogP contribution in [-0.4, -0.2) is 62.2 Å². The van der Waals surface area contributed by atoms with Crippen molar-refractivity contribution in [2.45, 2.75) is 114 Å². The number of rotatable bonds is 22. The van der Waals surface area contributed by atoms with Gasteiger partial charge in [-0.2, -0.15) is 29.3 Å². The Bertz CT molecular complexity index is 1410. The molecule has 17 heteroatoms. The van der Waals surface area contributed by atoms with Crippen LogP contribution in [0.2, 0.25) is 0 Å². The molecule has 3 rings (SSSR count). The normalized spacial score (nSPS) is 20.2. The number of unbranched alkanes of at least 4 members (excludes halogenated alkanes) is 10. The van der Waals surface area contributed by atoms with E-state index in [-0.39, 0.29) is 18.2 Å². The fourth-order valence-electron chi connectivity index (χ4n) is 5.36. The van der Waals surface area contributed by atoms with Gasteiger partial charge in [0.25, 0.3) is 5.56 Å². The van der Waals surface area contributed by atoms with Crippen molar-refractivity contribution in [1.82, 2.24) is 9.55 Å². The number of ether oxygens (including phenoxy) is 1. The van der Waals surface area contributed by atoms with Gasteiger partial charge in [-0.15, -0.1) is 0 Å². The molecule has 1 aromatic carbocycles. The van der Waals surface area contributed by atoms with Gasteiger partial charge in [0.2, 0.25) is 5.82 Å². The fraction of sp³-hybridized carbons (Fsp3) is 0.677. The highest BCUT2D eigenvalue weighted by Crippen LogP contribution is 2.50. The van der Waals surface area contributed by atoms with E-state index >= 15 is 0 Å². The van der Waals surface area contributed by atoms with Crippen molar-refractivity contribution < 1.29 is 50.3 Å². The smallest absolute Gasteiger partial charge is 0.390 e. The van der Waals surface area contributed by atoms with Gasteiger partial charge in [0.05, 0.1) is 18.9 Å². The fourth-order valence-corrected chi connectivity index (χ4v) is 7.21. The van der Waals surface area contributed by atoms with E-state index in [0.29, 0.717) is 10.8 Å². The lowest BCUT2D eigenvalue weighted by molar-refractivity contribution is -0.240. The summed E-state index contributed by atoms with van der Waals surface area (Å²) in [4.78, 5) is 34.8. The van der Waals surface area contributed by atoms with Crippen LogP contribution in [0.4, 0.5) is 22.0 Å². The van der Waals surface area contributed by atoms with Gasteiger partial charge in [-0.25, -0.2) is 13.8 Å². The van der Waals surface area contributed by atoms with Gasteiger partial charge in [0.15, 0.2) is 6.10 Å². The number of nitrogens with one attached hydrogen (secondary N) is 1. The molecule has 0 amide bonds. The molecular formula is C31H44F5N2O8PS. The summed E-state index contributed by atoms with van der Waals surface area (Å²) >= 11 is 1.42. The van der Waals surface area contributed by atoms with Crippen LogP contribution in [0.25, 0.3) is 0 Å². The average Bonchev–Trinajstić information content (AvgIpc) is 3.40. The molecule has 5 atom stereocenters. The second-order valence-electron chi connectivity index (χ2n) is 11.7. The van der Waals surface area contributed by atoms with Gasteiger partial charge in [0.1, 0.15) is 18.1 Å². The third kappa shape index (κ3) is 14.0. The maximum atomic E-state index is 13.8. The van der Waals surface area contributed by atoms with Crippen LogP contribution in [0.15, 0.2) is 40.1 Å². The molecule has 272 valence electrons. The van der Waals surface area contributed by atoms with E-state index in [1.54, 1.807) is 4.98 Å². The zero-order valence-electron chi connectivity index (χ0n) is 26.5. The van der Waals surface area contributed by atoms with Gasteiger partial charge >= 0.3 is 19.7 Å². The number of aromatic nitrogens is 2. The van der Waals surface area contributed by atoms with E-state index in [9.17, 15) is 46.1 Å². The molecule has 10 nitrogen and oxygen atoms in total. The molecule has 1 fully saturated rings. The third-order valence-corrected chi connectivity index (χ3v) is 9.92. The van der Waals surface area contributed by atoms with E-state index in [1.807, 2.05) is 12.1 Å². The summed E-state index contributed by atoms with van der Waals surface area (Å²) in [5, 5.41) is 10.2. The molecule has 0 radical (unpaired) electrons. The molecule has 1 aliphatic rings. The van der Waals surface area contributed by atoms with Gasteiger partial charge in [0, 0.05) is 12.2 Å². The van der Waals surface area contributed by atoms with Crippen LogP contribution in [0.1, 0.15) is 88.8 Å². The number of aliphatic hydroxyl groups is 1. The Kier molecular flexibility index (Phi) is 16.8. The predicted molar refractivity (Wildman–Crippen MR) is 171 cm³/mol. The summed E-state index contributed by atoms with van der Waals surface area (Å²) in [5.41, 5.74) is -1.36. The Hall–Kier alpha value is -2.07. The van der Waals surface area contributed by atoms with Crippen LogP contribution in [0, 0.1) is 11.6 Å². The molecule has 1 saturated heterocycles. The topological polar surface area (TPSA) is 140 Å². The first-order valence-corrected chi connectivity index (χ1v) is 18.8. The number of phosphoric ester groups is 1. The summed E-state index contributed by atoms with van der Waals surface area (Å²) in [6.07, 6.45) is -0.943. The van der Waals surface area contributed by atoms with Crippen molar-refractivity contribution >= 4 is 19.6 Å². The SMILES string of the molecule is O=c1[nH]c(=O)n([C@H]2C[C@H](O)[C@@H]([C@H](OP(=O)(O)OCCSCCCCCCCCCCCCCc3ccc(F)cc3)C(F)(F)F)O2)cc1F. The first kappa shape index (κ1) is 40.4. The van der Waals surface area contributed by atoms with E-state index in [0.717, 1.165) is 44.3 Å². The van der Waals surface area contributed by atoms with E-state index in [2.05, 4.69) is 4.52 Å². The molecule has 0 bridgehead atoms. The van der Waals surface area contributed by atoms with Crippen molar-refractivity contribution in [2.75, 3.05) is 18.1 Å². The lowest BCUT2D eigenvalue weighted by atomic mass is 10.0. The highest BCUT2D eigenvalue weighted by Gasteiger charge is 2.55. The largest absolute Gasteiger partial charge is 0.472 e. The second kappa shape index (κ2) is 19.9. The highest BCUT2D eigenvalue weighted by atomic mass is 32.2. The Labute approximate surface area is 280 Å². The maximum Gasteiger partial charge on any atom is 0.472 e. The van der Waals surface area contributed by atoms with Gasteiger partial charge in [-0.3, -0.25) is 23.4 Å². The Morgan fingerprint density at radius 3 is 2.15 bits per heavy atom. The number of H-pyrrole nitrogens is 1. The van der Waals surface area contributed by atoms with Crippen molar-refractivity contribution in [1.29, 1.82) is 0 Å². The Morgan fingerprint density at radius 2 is 1.54 bits per heavy atom.